The van der Waals surface area contributed by atoms with Crippen molar-refractivity contribution in [2.45, 2.75) is 43.7 Å². The van der Waals surface area contributed by atoms with E-state index in [0.717, 1.165) is 0 Å². The summed E-state index contributed by atoms with van der Waals surface area (Å²) in [5.41, 5.74) is -0.622. The SMILES string of the molecule is CC(C)(C)OC(=O)N1CC([Se]c2ccccc2)CC1C(=O)O. The number of rotatable bonds is 3. The molecular formula is C16H21NO4Se. The van der Waals surface area contributed by atoms with Gasteiger partial charge in [0.1, 0.15) is 0 Å². The topological polar surface area (TPSA) is 66.8 Å². The molecule has 1 saturated heterocycles. The van der Waals surface area contributed by atoms with E-state index in [4.69, 9.17) is 4.74 Å². The van der Waals surface area contributed by atoms with Crippen LogP contribution >= 0.6 is 0 Å². The summed E-state index contributed by atoms with van der Waals surface area (Å²) in [4.78, 5) is 25.2. The van der Waals surface area contributed by atoms with E-state index in [0.29, 0.717) is 13.0 Å². The van der Waals surface area contributed by atoms with E-state index in [1.807, 2.05) is 30.3 Å². The Morgan fingerprint density at radius 1 is 1.27 bits per heavy atom. The molecule has 1 aliphatic heterocycles. The Morgan fingerprint density at radius 3 is 2.45 bits per heavy atom. The molecule has 1 amide bonds. The van der Waals surface area contributed by atoms with Crippen molar-refractivity contribution in [3.05, 3.63) is 30.3 Å². The molecule has 2 unspecified atom stereocenters. The Bertz CT molecular complexity index is 541. The quantitative estimate of drug-likeness (QED) is 0.826. The van der Waals surface area contributed by atoms with E-state index < -0.39 is 23.7 Å². The molecule has 1 aliphatic rings. The summed E-state index contributed by atoms with van der Waals surface area (Å²) in [6, 6.07) is 9.23. The van der Waals surface area contributed by atoms with Gasteiger partial charge in [0.05, 0.1) is 0 Å². The minimum absolute atomic E-state index is 0.145. The van der Waals surface area contributed by atoms with Gasteiger partial charge in [-0.25, -0.2) is 0 Å². The molecule has 0 bridgehead atoms. The molecule has 0 aromatic heterocycles. The Morgan fingerprint density at radius 2 is 1.91 bits per heavy atom. The number of amides is 1. The Kier molecular flexibility index (Phi) is 5.14. The number of hydrogen-bond donors (Lipinski definition) is 1. The molecule has 0 aliphatic carbocycles. The van der Waals surface area contributed by atoms with Crippen molar-refractivity contribution < 1.29 is 19.4 Å². The number of likely N-dealkylation sites (tertiary alicyclic amines) is 1. The first-order valence-corrected chi connectivity index (χ1v) is 9.05. The van der Waals surface area contributed by atoms with E-state index in [1.165, 1.54) is 9.36 Å². The van der Waals surface area contributed by atoms with Crippen molar-refractivity contribution in [2.75, 3.05) is 6.54 Å². The number of hydrogen-bond acceptors (Lipinski definition) is 3. The Hall–Kier alpha value is -1.52. The van der Waals surface area contributed by atoms with Gasteiger partial charge < -0.3 is 0 Å². The molecule has 1 heterocycles. The summed E-state index contributed by atoms with van der Waals surface area (Å²) >= 11 is 0.145. The maximum absolute atomic E-state index is 12.2. The fraction of sp³-hybridized carbons (Fsp3) is 0.500. The van der Waals surface area contributed by atoms with Crippen LogP contribution in [0.1, 0.15) is 27.2 Å². The molecular weight excluding hydrogens is 349 g/mol. The molecule has 1 aromatic rings. The van der Waals surface area contributed by atoms with E-state index >= 15 is 0 Å². The number of carboxylic acids is 1. The first-order chi connectivity index (χ1) is 10.3. The Labute approximate surface area is 136 Å². The first kappa shape index (κ1) is 16.8. The third-order valence-electron chi connectivity index (χ3n) is 3.22. The Balaban J connectivity index is 2.06. The summed E-state index contributed by atoms with van der Waals surface area (Å²) in [6.07, 6.45) is -0.0463. The van der Waals surface area contributed by atoms with Gasteiger partial charge >= 0.3 is 136 Å². The van der Waals surface area contributed by atoms with Crippen molar-refractivity contribution in [1.29, 1.82) is 0 Å². The number of ether oxygens (including phenoxy) is 1. The van der Waals surface area contributed by atoms with Gasteiger partial charge in [-0.2, -0.15) is 0 Å². The molecule has 0 saturated carbocycles. The summed E-state index contributed by atoms with van der Waals surface area (Å²) in [5.74, 6) is -0.961. The van der Waals surface area contributed by atoms with E-state index in [9.17, 15) is 14.7 Å². The van der Waals surface area contributed by atoms with Crippen LogP contribution in [0.3, 0.4) is 0 Å². The van der Waals surface area contributed by atoms with Gasteiger partial charge in [0.15, 0.2) is 0 Å². The zero-order valence-electron chi connectivity index (χ0n) is 13.0. The molecule has 6 heteroatoms. The van der Waals surface area contributed by atoms with Gasteiger partial charge in [0, 0.05) is 0 Å². The van der Waals surface area contributed by atoms with Crippen molar-refractivity contribution in [3.8, 4) is 0 Å². The molecule has 1 N–H and O–H groups in total. The summed E-state index contributed by atoms with van der Waals surface area (Å²) in [7, 11) is 0. The van der Waals surface area contributed by atoms with Crippen LogP contribution < -0.4 is 4.46 Å². The number of aliphatic carboxylic acids is 1. The molecule has 0 spiro atoms. The first-order valence-electron chi connectivity index (χ1n) is 7.20. The predicted molar refractivity (Wildman–Crippen MR) is 84.6 cm³/mol. The summed E-state index contributed by atoms with van der Waals surface area (Å²) < 4.78 is 6.55. The van der Waals surface area contributed by atoms with E-state index in [2.05, 4.69) is 0 Å². The number of carboxylic acid groups (broad SMARTS) is 1. The number of benzene rings is 1. The molecule has 2 atom stereocenters. The van der Waals surface area contributed by atoms with E-state index in [1.54, 1.807) is 20.8 Å². The van der Waals surface area contributed by atoms with Crippen LogP contribution in [-0.4, -0.2) is 55.2 Å². The van der Waals surface area contributed by atoms with Gasteiger partial charge in [0.25, 0.3) is 0 Å². The molecule has 120 valence electrons. The van der Waals surface area contributed by atoms with Crippen LogP contribution in [0, 0.1) is 0 Å². The van der Waals surface area contributed by atoms with Gasteiger partial charge in [-0.3, -0.25) is 0 Å². The van der Waals surface area contributed by atoms with Crippen molar-refractivity contribution in [2.24, 2.45) is 0 Å². The van der Waals surface area contributed by atoms with Gasteiger partial charge in [-0.05, 0) is 0 Å². The zero-order chi connectivity index (χ0) is 16.3. The molecule has 22 heavy (non-hydrogen) atoms. The third kappa shape index (κ3) is 4.49. The molecule has 0 radical (unpaired) electrons. The van der Waals surface area contributed by atoms with Crippen LogP contribution in [0.5, 0.6) is 0 Å². The zero-order valence-corrected chi connectivity index (χ0v) is 14.7. The van der Waals surface area contributed by atoms with Gasteiger partial charge in [-0.15, -0.1) is 0 Å². The van der Waals surface area contributed by atoms with Crippen molar-refractivity contribution in [3.63, 3.8) is 0 Å². The average molecular weight is 370 g/mol. The van der Waals surface area contributed by atoms with E-state index in [-0.39, 0.29) is 19.8 Å². The van der Waals surface area contributed by atoms with Gasteiger partial charge in [0.2, 0.25) is 0 Å². The third-order valence-corrected chi connectivity index (χ3v) is 5.78. The fourth-order valence-corrected chi connectivity index (χ4v) is 4.88. The fourth-order valence-electron chi connectivity index (χ4n) is 2.33. The second-order valence-corrected chi connectivity index (χ2v) is 9.16. The average Bonchev–Trinajstić information content (AvgIpc) is 2.82. The van der Waals surface area contributed by atoms with Crippen molar-refractivity contribution >= 4 is 31.5 Å². The minimum atomic E-state index is -0.961. The van der Waals surface area contributed by atoms with Crippen LogP contribution in [0.25, 0.3) is 0 Å². The standard InChI is InChI=1S/C16H21NO4Se/c1-16(2,3)21-15(20)17-10-12(9-13(17)14(18)19)22-11-7-5-4-6-8-11/h4-8,12-13H,9-10H2,1-3H3,(H,18,19). The molecule has 5 nitrogen and oxygen atoms in total. The van der Waals surface area contributed by atoms with Crippen LogP contribution in [0.2, 0.25) is 4.82 Å². The summed E-state index contributed by atoms with van der Waals surface area (Å²) in [6.45, 7) is 5.78. The molecule has 2 rings (SSSR count). The maximum atomic E-state index is 12.2. The van der Waals surface area contributed by atoms with Crippen LogP contribution in [0.4, 0.5) is 4.79 Å². The summed E-state index contributed by atoms with van der Waals surface area (Å²) in [5, 5.41) is 9.37. The molecule has 1 fully saturated rings. The number of carbonyl (C=O) groups excluding carboxylic acids is 1. The van der Waals surface area contributed by atoms with Crippen molar-refractivity contribution in [1.82, 2.24) is 4.90 Å². The number of carbonyl (C=O) groups is 2. The second kappa shape index (κ2) is 6.71. The van der Waals surface area contributed by atoms with Crippen LogP contribution in [-0.2, 0) is 9.53 Å². The van der Waals surface area contributed by atoms with Gasteiger partial charge in [-0.1, -0.05) is 0 Å². The monoisotopic (exact) mass is 371 g/mol. The second-order valence-electron chi connectivity index (χ2n) is 6.28. The molecule has 1 aromatic carbocycles. The number of nitrogens with zero attached hydrogens (tertiary/aromatic N) is 1. The normalized spacial score (nSPS) is 21.7. The van der Waals surface area contributed by atoms with Crippen LogP contribution in [0.15, 0.2) is 30.3 Å². The predicted octanol–water partition coefficient (Wildman–Crippen LogP) is 1.90.